The third kappa shape index (κ3) is 158. The smallest absolute Gasteiger partial charge is 0.0809 e. The summed E-state index contributed by atoms with van der Waals surface area (Å²) >= 11 is 0. The molecule has 2 nitrogen and oxygen atoms in total. The maximum Gasteiger partial charge on any atom is -0.0809 e. The first-order valence-corrected chi connectivity index (χ1v) is 0.996. The van der Waals surface area contributed by atoms with Gasteiger partial charge in [-0.2, -0.15) is 0 Å². The molecule has 0 radical (unpaired) electrons. The van der Waals surface area contributed by atoms with Crippen LogP contribution in [0.25, 0.3) is 0 Å². The Morgan fingerprint density at radius 3 is 1.60 bits per heavy atom. The molecule has 0 saturated heterocycles. The zero-order valence-electron chi connectivity index (χ0n) is 3.52. The molecule has 0 amide bonds. The lowest BCUT2D eigenvalue weighted by atomic mass is 10.9. The summed E-state index contributed by atoms with van der Waals surface area (Å²) in [7, 11) is 0. The van der Waals surface area contributed by atoms with Crippen molar-refractivity contribution in [3.8, 4) is 0 Å². The first-order valence-electron chi connectivity index (χ1n) is 0.996. The van der Waals surface area contributed by atoms with E-state index in [4.69, 9.17) is 5.11 Å². The summed E-state index contributed by atoms with van der Waals surface area (Å²) in [5, 5.41) is 8.93. The fraction of sp³-hybridized carbons (Fsp3) is 1.00. The van der Waals surface area contributed by atoms with E-state index in [1.165, 1.54) is 0 Å². The van der Waals surface area contributed by atoms with Gasteiger partial charge >= 0.3 is 0 Å². The van der Waals surface area contributed by atoms with E-state index in [2.05, 4.69) is 0 Å². The van der Waals surface area contributed by atoms with Crippen LogP contribution >= 0.6 is 17.0 Å². The molecular formula is C2H10BrNO. The topological polar surface area (TPSA) is 59.6 Å². The van der Waals surface area contributed by atoms with Gasteiger partial charge in [0.1, 0.15) is 0 Å². The van der Waals surface area contributed by atoms with Crippen molar-refractivity contribution in [1.82, 2.24) is 6.15 Å². The third-order valence-electron chi connectivity index (χ3n) is 0. The van der Waals surface area contributed by atoms with Crippen LogP contribution in [-0.4, -0.2) is 6.61 Å². The molecule has 36 valence electrons. The van der Waals surface area contributed by atoms with E-state index < -0.39 is 0 Å². The zero-order chi connectivity index (χ0) is 2.71. The number of hydrogen-bond acceptors (Lipinski definition) is 1. The van der Waals surface area contributed by atoms with E-state index in [-0.39, 0.29) is 29.7 Å². The average molecular weight is 144 g/mol. The SMILES string of the molecule is Br.CC[O-].[NH4+]. The Labute approximate surface area is 42.5 Å². The highest BCUT2D eigenvalue weighted by atomic mass is 79.9. The van der Waals surface area contributed by atoms with E-state index in [0.717, 1.165) is 0 Å². The molecule has 0 saturated carbocycles. The van der Waals surface area contributed by atoms with Crippen LogP contribution in [0.3, 0.4) is 0 Å². The van der Waals surface area contributed by atoms with Crippen molar-refractivity contribution in [3.63, 3.8) is 0 Å². The van der Waals surface area contributed by atoms with Crippen molar-refractivity contribution in [1.29, 1.82) is 0 Å². The molecule has 5 heavy (non-hydrogen) atoms. The van der Waals surface area contributed by atoms with Crippen molar-refractivity contribution >= 4 is 17.0 Å². The van der Waals surface area contributed by atoms with Gasteiger partial charge < -0.3 is 11.3 Å². The van der Waals surface area contributed by atoms with Crippen LogP contribution in [0.1, 0.15) is 6.92 Å². The van der Waals surface area contributed by atoms with Crippen LogP contribution < -0.4 is 11.3 Å². The highest BCUT2D eigenvalue weighted by Gasteiger charge is 1.16. The minimum Gasteiger partial charge on any atom is -0.855 e. The molecule has 0 aromatic rings. The molecular weight excluding hydrogens is 134 g/mol. The maximum atomic E-state index is 8.93. The minimum absolute atomic E-state index is 0. The Hall–Kier alpha value is 0.400. The number of quaternary nitrogens is 1. The zero-order valence-corrected chi connectivity index (χ0v) is 5.24. The second kappa shape index (κ2) is 26.0. The van der Waals surface area contributed by atoms with Crippen LogP contribution in [0, 0.1) is 0 Å². The van der Waals surface area contributed by atoms with Gasteiger partial charge in [-0.05, 0) is 0 Å². The van der Waals surface area contributed by atoms with Crippen LogP contribution in [-0.2, 0) is 0 Å². The van der Waals surface area contributed by atoms with E-state index in [1.807, 2.05) is 0 Å². The molecule has 0 heterocycles. The van der Waals surface area contributed by atoms with Gasteiger partial charge in [-0.1, -0.05) is 6.92 Å². The maximum absolute atomic E-state index is 8.93. The largest absolute Gasteiger partial charge is 0.855 e. The molecule has 0 fully saturated rings. The van der Waals surface area contributed by atoms with Gasteiger partial charge in [0, 0.05) is 0 Å². The van der Waals surface area contributed by atoms with Gasteiger partial charge in [-0.3, -0.25) is 0 Å². The first kappa shape index (κ1) is 18.2. The fourth-order valence-corrected chi connectivity index (χ4v) is 0. The predicted octanol–water partition coefficient (Wildman–Crippen LogP) is 0.321. The van der Waals surface area contributed by atoms with Crippen LogP contribution in [0.4, 0.5) is 0 Å². The van der Waals surface area contributed by atoms with E-state index in [0.29, 0.717) is 0 Å². The van der Waals surface area contributed by atoms with Gasteiger partial charge in [0.15, 0.2) is 0 Å². The van der Waals surface area contributed by atoms with Gasteiger partial charge in [0.25, 0.3) is 0 Å². The van der Waals surface area contributed by atoms with Crippen LogP contribution in [0.15, 0.2) is 0 Å². The van der Waals surface area contributed by atoms with Gasteiger partial charge in [-0.15, -0.1) is 23.6 Å². The van der Waals surface area contributed by atoms with E-state index >= 15 is 0 Å². The molecule has 0 aliphatic carbocycles. The lowest BCUT2D eigenvalue weighted by molar-refractivity contribution is -0.361. The quantitative estimate of drug-likeness (QED) is 0.522. The minimum atomic E-state index is 0. The molecule has 0 atom stereocenters. The second-order valence-corrected chi connectivity index (χ2v) is 0.289. The van der Waals surface area contributed by atoms with E-state index in [1.54, 1.807) is 6.92 Å². The third-order valence-corrected chi connectivity index (χ3v) is 0. The number of halogens is 1. The van der Waals surface area contributed by atoms with Crippen molar-refractivity contribution in [2.75, 3.05) is 6.61 Å². The fourth-order valence-electron chi connectivity index (χ4n) is 0. The highest BCUT2D eigenvalue weighted by molar-refractivity contribution is 8.93. The molecule has 0 unspecified atom stereocenters. The summed E-state index contributed by atoms with van der Waals surface area (Å²) in [6.45, 7) is 1.57. The molecule has 4 N–H and O–H groups in total. The lowest BCUT2D eigenvalue weighted by Crippen LogP contribution is -1.97. The highest BCUT2D eigenvalue weighted by Crippen LogP contribution is 1.18. The molecule has 0 spiro atoms. The summed E-state index contributed by atoms with van der Waals surface area (Å²) in [5.41, 5.74) is 0. The Morgan fingerprint density at radius 2 is 1.60 bits per heavy atom. The Kier molecular flexibility index (Phi) is 94.2. The van der Waals surface area contributed by atoms with Gasteiger partial charge in [0.2, 0.25) is 0 Å². The average Bonchev–Trinajstić information content (AvgIpc) is 0.918. The summed E-state index contributed by atoms with van der Waals surface area (Å²) in [6, 6.07) is 0. The lowest BCUT2D eigenvalue weighted by Gasteiger charge is -1.79. The molecule has 0 aliphatic heterocycles. The first-order chi connectivity index (χ1) is 1.41. The summed E-state index contributed by atoms with van der Waals surface area (Å²) in [4.78, 5) is 0. The van der Waals surface area contributed by atoms with Crippen LogP contribution in [0.5, 0.6) is 0 Å². The van der Waals surface area contributed by atoms with Crippen molar-refractivity contribution < 1.29 is 5.11 Å². The van der Waals surface area contributed by atoms with Crippen molar-refractivity contribution in [2.45, 2.75) is 6.92 Å². The number of rotatable bonds is 0. The number of hydrogen-bond donors (Lipinski definition) is 1. The monoisotopic (exact) mass is 143 g/mol. The molecule has 0 aromatic heterocycles. The normalized spacial score (nSPS) is 3.60. The van der Waals surface area contributed by atoms with Crippen molar-refractivity contribution in [2.24, 2.45) is 0 Å². The van der Waals surface area contributed by atoms with Crippen molar-refractivity contribution in [3.05, 3.63) is 0 Å². The molecule has 0 aromatic carbocycles. The molecule has 0 bridgehead atoms. The van der Waals surface area contributed by atoms with Crippen LogP contribution in [0.2, 0.25) is 0 Å². The molecule has 3 heteroatoms. The van der Waals surface area contributed by atoms with E-state index in [9.17, 15) is 0 Å². The van der Waals surface area contributed by atoms with Gasteiger partial charge in [-0.25, -0.2) is 0 Å². The summed E-state index contributed by atoms with van der Waals surface area (Å²) < 4.78 is 0. The summed E-state index contributed by atoms with van der Waals surface area (Å²) in [5.74, 6) is 0. The predicted molar refractivity (Wildman–Crippen MR) is 26.8 cm³/mol. The standard InChI is InChI=1S/C2H5O.BrH.H3N/c1-2-3;;/h2H2,1H3;1H;1H3/q-1;;/p+1. The molecule has 0 rings (SSSR count). The molecule has 0 aliphatic rings. The Balaban J connectivity index is -0.0000000200. The Morgan fingerprint density at radius 1 is 1.60 bits per heavy atom. The summed E-state index contributed by atoms with van der Waals surface area (Å²) in [6.07, 6.45) is 0. The second-order valence-electron chi connectivity index (χ2n) is 0.289. The Bertz CT molecular complexity index is 9.61. The van der Waals surface area contributed by atoms with Gasteiger partial charge in [0.05, 0.1) is 0 Å².